The molecule has 1 aromatic rings. The topological polar surface area (TPSA) is 54.9 Å². The van der Waals surface area contributed by atoms with Crippen LogP contribution in [0.25, 0.3) is 0 Å². The lowest BCUT2D eigenvalue weighted by Crippen LogP contribution is -2.49. The van der Waals surface area contributed by atoms with Crippen molar-refractivity contribution in [3.8, 4) is 0 Å². The summed E-state index contributed by atoms with van der Waals surface area (Å²) in [4.78, 5) is 5.93. The van der Waals surface area contributed by atoms with Gasteiger partial charge in [0, 0.05) is 36.5 Å². The summed E-state index contributed by atoms with van der Waals surface area (Å²) in [6.07, 6.45) is 7.77. The van der Waals surface area contributed by atoms with E-state index in [1.54, 1.807) is 0 Å². The number of aliphatic imine (C=N–C) groups is 1. The van der Waals surface area contributed by atoms with Crippen LogP contribution < -0.4 is 10.6 Å². The van der Waals surface area contributed by atoms with E-state index in [0.29, 0.717) is 6.61 Å². The van der Waals surface area contributed by atoms with E-state index in [9.17, 15) is 0 Å². The van der Waals surface area contributed by atoms with Crippen LogP contribution in [0.5, 0.6) is 0 Å². The minimum absolute atomic E-state index is 0. The van der Waals surface area contributed by atoms with Crippen LogP contribution >= 0.6 is 35.3 Å². The van der Waals surface area contributed by atoms with E-state index < -0.39 is 0 Å². The van der Waals surface area contributed by atoms with Gasteiger partial charge in [0.05, 0.1) is 19.3 Å². The normalized spacial score (nSPS) is 23.5. The summed E-state index contributed by atoms with van der Waals surface area (Å²) in [5.74, 6) is 0.866. The van der Waals surface area contributed by atoms with E-state index in [1.807, 2.05) is 18.4 Å². The molecule has 1 aromatic heterocycles. The minimum Gasteiger partial charge on any atom is -0.379 e. The highest BCUT2D eigenvalue weighted by Crippen LogP contribution is 2.41. The van der Waals surface area contributed by atoms with Crippen LogP contribution in [-0.2, 0) is 14.9 Å². The van der Waals surface area contributed by atoms with E-state index in [0.717, 1.165) is 32.1 Å². The SMILES string of the molecule is CN=C(NCC1(c2cccs2)CCCCC1)NC(C)COC1CCOC1.I. The van der Waals surface area contributed by atoms with Gasteiger partial charge in [-0.25, -0.2) is 0 Å². The third kappa shape index (κ3) is 6.58. The zero-order valence-corrected chi connectivity index (χ0v) is 19.7. The fraction of sp³-hybridized carbons (Fsp3) is 0.750. The van der Waals surface area contributed by atoms with Crippen molar-refractivity contribution in [2.24, 2.45) is 4.99 Å². The molecule has 2 fully saturated rings. The Bertz CT molecular complexity index is 556. The van der Waals surface area contributed by atoms with Crippen molar-refractivity contribution in [1.29, 1.82) is 0 Å². The average Bonchev–Trinajstić information content (AvgIpc) is 3.38. The van der Waals surface area contributed by atoms with Gasteiger partial charge in [-0.3, -0.25) is 4.99 Å². The fourth-order valence-electron chi connectivity index (χ4n) is 3.97. The van der Waals surface area contributed by atoms with Gasteiger partial charge >= 0.3 is 0 Å². The van der Waals surface area contributed by atoms with Crippen molar-refractivity contribution in [3.05, 3.63) is 22.4 Å². The Kier molecular flexibility index (Phi) is 9.82. The predicted molar refractivity (Wildman–Crippen MR) is 124 cm³/mol. The van der Waals surface area contributed by atoms with Gasteiger partial charge in [0.2, 0.25) is 0 Å². The molecule has 1 aliphatic carbocycles. The first kappa shape index (κ1) is 22.9. The maximum Gasteiger partial charge on any atom is 0.191 e. The quantitative estimate of drug-likeness (QED) is 0.334. The summed E-state index contributed by atoms with van der Waals surface area (Å²) >= 11 is 1.89. The summed E-state index contributed by atoms with van der Waals surface area (Å²) in [5.41, 5.74) is 0.255. The molecule has 3 rings (SSSR count). The summed E-state index contributed by atoms with van der Waals surface area (Å²) in [7, 11) is 1.84. The van der Waals surface area contributed by atoms with E-state index in [2.05, 4.69) is 40.1 Å². The predicted octanol–water partition coefficient (Wildman–Crippen LogP) is 3.93. The molecule has 2 unspecified atom stereocenters. The standard InChI is InChI=1S/C20H33N3O2S.HI/c1-16(13-25-17-8-11-24-14-17)23-19(21-2)22-15-20(9-4-3-5-10-20)18-7-6-12-26-18;/h6-7,12,16-17H,3-5,8-11,13-15H2,1-2H3,(H2,21,22,23);1H. The molecule has 1 saturated carbocycles. The first-order valence-electron chi connectivity index (χ1n) is 9.92. The van der Waals surface area contributed by atoms with Crippen molar-refractivity contribution in [2.45, 2.75) is 63.0 Å². The van der Waals surface area contributed by atoms with Crippen LogP contribution in [0.1, 0.15) is 50.3 Å². The van der Waals surface area contributed by atoms with Crippen LogP contribution in [0, 0.1) is 0 Å². The molecule has 0 amide bonds. The second-order valence-electron chi connectivity index (χ2n) is 7.61. The number of ether oxygens (including phenoxy) is 2. The van der Waals surface area contributed by atoms with Gasteiger partial charge in [0.15, 0.2) is 5.96 Å². The third-order valence-corrected chi connectivity index (χ3v) is 6.64. The maximum absolute atomic E-state index is 5.91. The molecule has 7 heteroatoms. The molecular weight excluding hydrogens is 473 g/mol. The van der Waals surface area contributed by atoms with E-state index in [1.165, 1.54) is 37.0 Å². The Morgan fingerprint density at radius 3 is 2.85 bits per heavy atom. The average molecular weight is 507 g/mol. The van der Waals surface area contributed by atoms with Crippen molar-refractivity contribution in [3.63, 3.8) is 0 Å². The summed E-state index contributed by atoms with van der Waals surface area (Å²) in [6, 6.07) is 4.69. The van der Waals surface area contributed by atoms with Crippen molar-refractivity contribution < 1.29 is 9.47 Å². The number of hydrogen-bond donors (Lipinski definition) is 2. The van der Waals surface area contributed by atoms with Crippen LogP contribution in [0.3, 0.4) is 0 Å². The Morgan fingerprint density at radius 1 is 1.41 bits per heavy atom. The van der Waals surface area contributed by atoms with E-state index >= 15 is 0 Å². The molecule has 1 saturated heterocycles. The highest BCUT2D eigenvalue weighted by atomic mass is 127. The molecule has 154 valence electrons. The van der Waals surface area contributed by atoms with Gasteiger partial charge in [-0.05, 0) is 37.6 Å². The maximum atomic E-state index is 5.91. The molecule has 5 nitrogen and oxygen atoms in total. The zero-order chi connectivity index (χ0) is 18.2. The van der Waals surface area contributed by atoms with Crippen LogP contribution in [0.15, 0.2) is 22.5 Å². The Morgan fingerprint density at radius 2 is 2.22 bits per heavy atom. The second-order valence-corrected chi connectivity index (χ2v) is 8.56. The smallest absolute Gasteiger partial charge is 0.191 e. The molecule has 2 aliphatic rings. The van der Waals surface area contributed by atoms with E-state index in [4.69, 9.17) is 9.47 Å². The molecule has 0 spiro atoms. The molecule has 2 N–H and O–H groups in total. The highest BCUT2D eigenvalue weighted by Gasteiger charge is 2.35. The highest BCUT2D eigenvalue weighted by molar-refractivity contribution is 14.0. The number of hydrogen-bond acceptors (Lipinski definition) is 4. The van der Waals surface area contributed by atoms with Gasteiger partial charge in [0.1, 0.15) is 0 Å². The zero-order valence-electron chi connectivity index (χ0n) is 16.5. The van der Waals surface area contributed by atoms with Crippen molar-refractivity contribution >= 4 is 41.3 Å². The van der Waals surface area contributed by atoms with Gasteiger partial charge in [-0.1, -0.05) is 25.3 Å². The number of rotatable bonds is 7. The first-order valence-corrected chi connectivity index (χ1v) is 10.8. The van der Waals surface area contributed by atoms with E-state index in [-0.39, 0.29) is 41.5 Å². The molecule has 2 heterocycles. The number of nitrogens with one attached hydrogen (secondary N) is 2. The number of guanidine groups is 1. The van der Waals surface area contributed by atoms with Gasteiger partial charge in [-0.15, -0.1) is 35.3 Å². The molecule has 0 radical (unpaired) electrons. The second kappa shape index (κ2) is 11.6. The summed E-state index contributed by atoms with van der Waals surface area (Å²) < 4.78 is 11.3. The first-order chi connectivity index (χ1) is 12.7. The van der Waals surface area contributed by atoms with Crippen LogP contribution in [-0.4, -0.2) is 51.5 Å². The Hall–Kier alpha value is -0.380. The van der Waals surface area contributed by atoms with Crippen molar-refractivity contribution in [1.82, 2.24) is 10.6 Å². The van der Waals surface area contributed by atoms with Gasteiger partial charge in [0.25, 0.3) is 0 Å². The van der Waals surface area contributed by atoms with Crippen LogP contribution in [0.2, 0.25) is 0 Å². The minimum atomic E-state index is 0. The number of nitrogens with zero attached hydrogens (tertiary/aromatic N) is 1. The third-order valence-electron chi connectivity index (χ3n) is 5.53. The van der Waals surface area contributed by atoms with Gasteiger partial charge in [-0.2, -0.15) is 0 Å². The molecule has 27 heavy (non-hydrogen) atoms. The molecule has 1 aliphatic heterocycles. The van der Waals surface area contributed by atoms with Crippen LogP contribution in [0.4, 0.5) is 0 Å². The lowest BCUT2D eigenvalue weighted by Gasteiger charge is -2.37. The molecule has 2 atom stereocenters. The fourth-order valence-corrected chi connectivity index (χ4v) is 4.95. The summed E-state index contributed by atoms with van der Waals surface area (Å²) in [5, 5.41) is 9.26. The lowest BCUT2D eigenvalue weighted by atomic mass is 9.73. The largest absolute Gasteiger partial charge is 0.379 e. The Balaban J connectivity index is 0.00000261. The number of thiophene rings is 1. The van der Waals surface area contributed by atoms with Crippen molar-refractivity contribution in [2.75, 3.05) is 33.4 Å². The summed E-state index contributed by atoms with van der Waals surface area (Å²) in [6.45, 7) is 5.30. The van der Waals surface area contributed by atoms with Gasteiger partial charge < -0.3 is 20.1 Å². The lowest BCUT2D eigenvalue weighted by molar-refractivity contribution is 0.0347. The molecule has 0 aromatic carbocycles. The monoisotopic (exact) mass is 507 g/mol. The Labute approximate surface area is 184 Å². The molecular formula is C20H34IN3O2S. The molecule has 0 bridgehead atoms. The number of halogens is 1.